The monoisotopic (exact) mass is 752 g/mol. The van der Waals surface area contributed by atoms with Crippen LogP contribution in [0.1, 0.15) is 67.6 Å². The summed E-state index contributed by atoms with van der Waals surface area (Å²) in [7, 11) is 8.00. The quantitative estimate of drug-likeness (QED) is 0.176. The number of amides is 2. The summed E-state index contributed by atoms with van der Waals surface area (Å²) in [5.74, 6) is 0.868. The van der Waals surface area contributed by atoms with E-state index in [2.05, 4.69) is 73.6 Å². The number of hydroxylamine groups is 2. The Morgan fingerprint density at radius 2 is 1.76 bits per heavy atom. The van der Waals surface area contributed by atoms with Crippen LogP contribution < -0.4 is 21.3 Å². The summed E-state index contributed by atoms with van der Waals surface area (Å²) in [6.45, 7) is 12.0. The van der Waals surface area contributed by atoms with Gasteiger partial charge < -0.3 is 31.3 Å². The fourth-order valence-corrected chi connectivity index (χ4v) is 9.79. The summed E-state index contributed by atoms with van der Waals surface area (Å²) in [5.41, 5.74) is 13.1. The fraction of sp³-hybridized carbons (Fsp3) is 0.556. The number of anilines is 1. The van der Waals surface area contributed by atoms with Crippen LogP contribution in [0.25, 0.3) is 11.1 Å². The van der Waals surface area contributed by atoms with E-state index in [1.807, 2.05) is 69.5 Å². The summed E-state index contributed by atoms with van der Waals surface area (Å²) >= 11 is 0. The van der Waals surface area contributed by atoms with Gasteiger partial charge in [0, 0.05) is 56.4 Å². The molecule has 0 spiro atoms. The Hall–Kier alpha value is -3.80. The predicted molar refractivity (Wildman–Crippen MR) is 220 cm³/mol. The van der Waals surface area contributed by atoms with Crippen LogP contribution in [-0.2, 0) is 22.6 Å². The Balaban J connectivity index is 1.26. The van der Waals surface area contributed by atoms with Crippen molar-refractivity contribution < 1.29 is 19.5 Å². The first-order chi connectivity index (χ1) is 26.1. The number of benzene rings is 3. The number of carbonyl (C=O) groups excluding carboxylic acids is 2. The van der Waals surface area contributed by atoms with E-state index in [-0.39, 0.29) is 30.4 Å². The maximum absolute atomic E-state index is 14.3. The third kappa shape index (κ3) is 8.64. The van der Waals surface area contributed by atoms with Crippen molar-refractivity contribution in [3.63, 3.8) is 0 Å². The van der Waals surface area contributed by atoms with Gasteiger partial charge in [-0.05, 0) is 116 Å². The summed E-state index contributed by atoms with van der Waals surface area (Å²) in [6.07, 6.45) is 1.64. The van der Waals surface area contributed by atoms with Gasteiger partial charge in [0.2, 0.25) is 5.91 Å². The van der Waals surface area contributed by atoms with Gasteiger partial charge in [-0.15, -0.1) is 0 Å². The second-order valence-electron chi connectivity index (χ2n) is 17.7. The molecule has 4 fully saturated rings. The van der Waals surface area contributed by atoms with Crippen molar-refractivity contribution in [2.24, 2.45) is 34.8 Å². The highest BCUT2D eigenvalue weighted by Gasteiger charge is 2.57. The molecule has 1 aliphatic heterocycles. The van der Waals surface area contributed by atoms with Gasteiger partial charge in [0.25, 0.3) is 5.91 Å². The minimum absolute atomic E-state index is 0.0753. The number of aliphatic hydroxyl groups is 1. The van der Waals surface area contributed by atoms with Gasteiger partial charge in [0.15, 0.2) is 0 Å². The number of fused-ring (bicyclic) bond motifs is 2. The first-order valence-corrected chi connectivity index (χ1v) is 20.1. The number of rotatable bonds is 14. The molecule has 4 aliphatic rings. The normalized spacial score (nSPS) is 26.9. The third-order valence-electron chi connectivity index (χ3n) is 13.1. The minimum Gasteiger partial charge on any atom is -0.393 e. The molecule has 2 amide bonds. The summed E-state index contributed by atoms with van der Waals surface area (Å²) in [4.78, 5) is 38.8. The number of nitrogens with zero attached hydrogens (tertiary/aromatic N) is 3. The lowest BCUT2D eigenvalue weighted by atomic mass is 9.45. The van der Waals surface area contributed by atoms with Gasteiger partial charge in [-0.25, -0.2) is 0 Å². The summed E-state index contributed by atoms with van der Waals surface area (Å²) in [6, 6.07) is 21.7. The smallest absolute Gasteiger partial charge is 0.251 e. The Kier molecular flexibility index (Phi) is 12.4. The number of nitrogens with two attached hydrogens (primary N) is 1. The lowest BCUT2D eigenvalue weighted by Crippen LogP contribution is -2.62. The molecule has 3 saturated carbocycles. The summed E-state index contributed by atoms with van der Waals surface area (Å²) in [5, 5.41) is 19.5. The first kappa shape index (κ1) is 40.9. The highest BCUT2D eigenvalue weighted by atomic mass is 16.7. The molecule has 0 aromatic heterocycles. The first-order valence-electron chi connectivity index (χ1n) is 20.1. The zero-order chi connectivity index (χ0) is 39.8. The van der Waals surface area contributed by atoms with Crippen LogP contribution in [0.4, 0.5) is 5.69 Å². The Morgan fingerprint density at radius 1 is 1.04 bits per heavy atom. The van der Waals surface area contributed by atoms with Crippen molar-refractivity contribution in [1.82, 2.24) is 20.6 Å². The number of hydrogen-bond donors (Lipinski definition) is 4. The average molecular weight is 753 g/mol. The molecule has 10 nitrogen and oxygen atoms in total. The number of carbonyl (C=O) groups is 2. The van der Waals surface area contributed by atoms with Crippen molar-refractivity contribution in [2.45, 2.75) is 90.8 Å². The van der Waals surface area contributed by atoms with Crippen LogP contribution in [0.15, 0.2) is 66.7 Å². The molecule has 3 aromatic carbocycles. The molecule has 0 unspecified atom stereocenters. The highest BCUT2D eigenvalue weighted by molar-refractivity contribution is 5.97. The fourth-order valence-electron chi connectivity index (χ4n) is 9.79. The molecule has 7 rings (SSSR count). The van der Waals surface area contributed by atoms with Crippen LogP contribution in [-0.4, -0.2) is 98.5 Å². The van der Waals surface area contributed by atoms with Gasteiger partial charge in [0.1, 0.15) is 6.04 Å². The van der Waals surface area contributed by atoms with Crippen molar-refractivity contribution in [3.8, 4) is 11.1 Å². The maximum Gasteiger partial charge on any atom is 0.251 e. The Morgan fingerprint density at radius 3 is 2.38 bits per heavy atom. The molecule has 1 heterocycles. The SMILES string of the molecule is Cc1c(CN2O[C@@H](CN)[C@@H]([C@H](C)O)[C@H]2C(=O)N[C@H]2C[C@H]3C[C@@H]([C@@H]2C)C3(C)C)cccc1-c1cc(C(=O)N[C@@H](Cc2ccccc2)CN(C)C)cc(N(C)C)c1. The van der Waals surface area contributed by atoms with Crippen molar-refractivity contribution in [1.29, 1.82) is 0 Å². The van der Waals surface area contributed by atoms with Gasteiger partial charge in [-0.1, -0.05) is 69.3 Å². The molecular formula is C45H64N6O4. The molecule has 3 aromatic rings. The molecule has 298 valence electrons. The Labute approximate surface area is 328 Å². The van der Waals surface area contributed by atoms with Gasteiger partial charge >= 0.3 is 0 Å². The van der Waals surface area contributed by atoms with Crippen LogP contribution >= 0.6 is 0 Å². The van der Waals surface area contributed by atoms with Crippen molar-refractivity contribution in [2.75, 3.05) is 46.2 Å². The number of likely N-dealkylation sites (N-methyl/N-ethyl adjacent to an activating group) is 1. The van der Waals surface area contributed by atoms with Crippen molar-refractivity contribution in [3.05, 3.63) is 89.0 Å². The van der Waals surface area contributed by atoms with E-state index in [9.17, 15) is 14.7 Å². The number of aliphatic hydroxyl groups excluding tert-OH is 1. The standard InChI is InChI=1S/C45H64N6O4/c1-27-31(25-51-42(41(29(3)52)40(24-46)55-51)44(54)48-39-23-34-22-38(28(39)2)45(34,4)5)16-13-17-37(27)32-19-33(21-36(20-32)50(8)9)43(53)47-35(26-49(6)7)18-30-14-11-10-12-15-30/h10-17,19-21,28-29,34-35,38-42,52H,18,22-26,46H2,1-9H3,(H,47,53)(H,48,54)/t28-,29-,34+,35-,38-,39-,40-,41+,42-/m0/s1. The van der Waals surface area contributed by atoms with E-state index in [0.29, 0.717) is 41.8 Å². The van der Waals surface area contributed by atoms with Gasteiger partial charge in [-0.2, -0.15) is 5.06 Å². The lowest BCUT2D eigenvalue weighted by molar-refractivity contribution is -0.175. The zero-order valence-electron chi connectivity index (χ0n) is 34.4. The molecule has 1 saturated heterocycles. The van der Waals surface area contributed by atoms with E-state index < -0.39 is 24.2 Å². The molecule has 0 radical (unpaired) electrons. The number of nitrogens with one attached hydrogen (secondary N) is 2. The third-order valence-corrected chi connectivity index (χ3v) is 13.1. The van der Waals surface area contributed by atoms with E-state index >= 15 is 0 Å². The highest BCUT2D eigenvalue weighted by Crippen LogP contribution is 2.61. The van der Waals surface area contributed by atoms with Gasteiger partial charge in [0.05, 0.1) is 18.8 Å². The van der Waals surface area contributed by atoms with Crippen LogP contribution in [0.3, 0.4) is 0 Å². The van der Waals surface area contributed by atoms with E-state index in [1.165, 1.54) is 12.0 Å². The molecule has 10 heteroatoms. The second kappa shape index (κ2) is 16.7. The predicted octanol–water partition coefficient (Wildman–Crippen LogP) is 5.26. The van der Waals surface area contributed by atoms with Crippen molar-refractivity contribution >= 4 is 17.5 Å². The van der Waals surface area contributed by atoms with Crippen LogP contribution in [0, 0.1) is 36.0 Å². The molecule has 2 bridgehead atoms. The lowest BCUT2D eigenvalue weighted by Gasteiger charge is -2.62. The van der Waals surface area contributed by atoms with E-state index in [4.69, 9.17) is 10.6 Å². The Bertz CT molecular complexity index is 1810. The molecule has 5 N–H and O–H groups in total. The van der Waals surface area contributed by atoms with E-state index in [1.54, 1.807) is 12.0 Å². The molecule has 3 aliphatic carbocycles. The second-order valence-corrected chi connectivity index (χ2v) is 17.7. The largest absolute Gasteiger partial charge is 0.393 e. The molecule has 55 heavy (non-hydrogen) atoms. The summed E-state index contributed by atoms with van der Waals surface area (Å²) < 4.78 is 0. The molecular weight excluding hydrogens is 689 g/mol. The van der Waals surface area contributed by atoms with Crippen LogP contribution in [0.5, 0.6) is 0 Å². The topological polar surface area (TPSA) is 123 Å². The van der Waals surface area contributed by atoms with Crippen LogP contribution in [0.2, 0.25) is 0 Å². The molecule has 9 atom stereocenters. The van der Waals surface area contributed by atoms with E-state index in [0.717, 1.165) is 40.8 Å². The maximum atomic E-state index is 14.3. The minimum atomic E-state index is -0.791. The van der Waals surface area contributed by atoms with Gasteiger partial charge in [-0.3, -0.25) is 14.4 Å². The zero-order valence-corrected chi connectivity index (χ0v) is 34.4. The number of hydrogen-bond acceptors (Lipinski definition) is 8. The average Bonchev–Trinajstić information content (AvgIpc) is 3.51.